The topological polar surface area (TPSA) is 68.0 Å². The third-order valence-electron chi connectivity index (χ3n) is 5.50. The SMILES string of the molecule is NC(=O)c1cnc(NCC2CC23CCCc2ccccc23)c(Cl)c1. The largest absolute Gasteiger partial charge is 0.369 e. The Morgan fingerprint density at radius 1 is 1.42 bits per heavy atom. The number of carbonyl (C=O) groups is 1. The molecule has 1 saturated carbocycles. The van der Waals surface area contributed by atoms with Gasteiger partial charge >= 0.3 is 0 Å². The number of aryl methyl sites for hydroxylation is 1. The molecule has 1 aromatic heterocycles. The zero-order chi connectivity index (χ0) is 16.7. The highest BCUT2D eigenvalue weighted by atomic mass is 35.5. The Balaban J connectivity index is 1.47. The molecule has 2 aliphatic rings. The lowest BCUT2D eigenvalue weighted by Gasteiger charge is -2.26. The lowest BCUT2D eigenvalue weighted by molar-refractivity contribution is 0.1000. The van der Waals surface area contributed by atoms with Crippen LogP contribution in [0, 0.1) is 5.92 Å². The number of halogens is 1. The van der Waals surface area contributed by atoms with Gasteiger partial charge in [0.15, 0.2) is 0 Å². The van der Waals surface area contributed by atoms with Gasteiger partial charge in [-0.3, -0.25) is 4.79 Å². The molecule has 0 aliphatic heterocycles. The number of benzene rings is 1. The molecule has 0 radical (unpaired) electrons. The molecule has 2 aromatic rings. The van der Waals surface area contributed by atoms with Gasteiger partial charge in [-0.2, -0.15) is 0 Å². The number of carbonyl (C=O) groups excluding carboxylic acids is 1. The summed E-state index contributed by atoms with van der Waals surface area (Å²) in [4.78, 5) is 15.4. The molecule has 124 valence electrons. The predicted molar refractivity (Wildman–Crippen MR) is 95.4 cm³/mol. The third-order valence-corrected chi connectivity index (χ3v) is 5.78. The monoisotopic (exact) mass is 341 g/mol. The van der Waals surface area contributed by atoms with E-state index in [1.54, 1.807) is 6.07 Å². The van der Waals surface area contributed by atoms with Gasteiger partial charge in [-0.1, -0.05) is 35.9 Å². The van der Waals surface area contributed by atoms with Crippen molar-refractivity contribution in [3.8, 4) is 0 Å². The fourth-order valence-corrected chi connectivity index (χ4v) is 4.39. The lowest BCUT2D eigenvalue weighted by Crippen LogP contribution is -2.21. The molecular formula is C19H20ClN3O. The number of nitrogens with zero attached hydrogens (tertiary/aromatic N) is 1. The van der Waals surface area contributed by atoms with Gasteiger partial charge in [-0.05, 0) is 48.8 Å². The normalized spacial score (nSPS) is 24.5. The number of anilines is 1. The molecule has 3 N–H and O–H groups in total. The highest BCUT2D eigenvalue weighted by Gasteiger charge is 2.55. The molecule has 4 rings (SSSR count). The van der Waals surface area contributed by atoms with E-state index in [9.17, 15) is 4.79 Å². The van der Waals surface area contributed by atoms with E-state index in [2.05, 4.69) is 34.6 Å². The Labute approximate surface area is 146 Å². The standard InChI is InChI=1S/C19H20ClN3O/c20-16-8-13(17(21)24)10-22-18(16)23-11-14-9-19(14)7-3-5-12-4-1-2-6-15(12)19/h1-2,4,6,8,10,14H,3,5,7,9,11H2,(H2,21,24)(H,22,23). The molecule has 5 heteroatoms. The number of hydrogen-bond acceptors (Lipinski definition) is 3. The van der Waals surface area contributed by atoms with Gasteiger partial charge < -0.3 is 11.1 Å². The van der Waals surface area contributed by atoms with Crippen LogP contribution in [0.5, 0.6) is 0 Å². The fourth-order valence-electron chi connectivity index (χ4n) is 4.16. The summed E-state index contributed by atoms with van der Waals surface area (Å²) in [5.41, 5.74) is 8.95. The number of nitrogens with two attached hydrogens (primary N) is 1. The summed E-state index contributed by atoms with van der Waals surface area (Å²) in [6, 6.07) is 10.4. The lowest BCUT2D eigenvalue weighted by atomic mass is 9.78. The van der Waals surface area contributed by atoms with Gasteiger partial charge in [0.1, 0.15) is 5.82 Å². The van der Waals surface area contributed by atoms with Crippen LogP contribution in [0.15, 0.2) is 36.5 Å². The van der Waals surface area contributed by atoms with Crippen molar-refractivity contribution in [3.63, 3.8) is 0 Å². The first-order valence-electron chi connectivity index (χ1n) is 8.38. The van der Waals surface area contributed by atoms with E-state index in [0.29, 0.717) is 27.7 Å². The molecule has 4 nitrogen and oxygen atoms in total. The number of primary amides is 1. The maximum Gasteiger partial charge on any atom is 0.250 e. The van der Waals surface area contributed by atoms with Gasteiger partial charge in [0.05, 0.1) is 10.6 Å². The van der Waals surface area contributed by atoms with Gasteiger partial charge in [-0.15, -0.1) is 0 Å². The first kappa shape index (κ1) is 15.5. The van der Waals surface area contributed by atoms with Crippen LogP contribution in [0.1, 0.15) is 40.7 Å². The van der Waals surface area contributed by atoms with E-state index in [4.69, 9.17) is 17.3 Å². The predicted octanol–water partition coefficient (Wildman–Crippen LogP) is 3.54. The van der Waals surface area contributed by atoms with Gasteiger partial charge in [-0.25, -0.2) is 4.98 Å². The maximum absolute atomic E-state index is 11.2. The number of hydrogen-bond donors (Lipinski definition) is 2. The van der Waals surface area contributed by atoms with Gasteiger partial charge in [0.2, 0.25) is 5.91 Å². The number of fused-ring (bicyclic) bond motifs is 2. The van der Waals surface area contributed by atoms with Crippen LogP contribution in [-0.2, 0) is 11.8 Å². The van der Waals surface area contributed by atoms with Gasteiger partial charge in [0, 0.05) is 18.2 Å². The molecule has 1 amide bonds. The molecule has 1 heterocycles. The third kappa shape index (κ3) is 2.55. The zero-order valence-corrected chi connectivity index (χ0v) is 14.1. The van der Waals surface area contributed by atoms with Crippen LogP contribution in [0.3, 0.4) is 0 Å². The molecule has 0 saturated heterocycles. The van der Waals surface area contributed by atoms with Crippen molar-refractivity contribution in [1.82, 2.24) is 4.98 Å². The minimum absolute atomic E-state index is 0.328. The average Bonchev–Trinajstić information content (AvgIpc) is 3.27. The van der Waals surface area contributed by atoms with Crippen molar-refractivity contribution in [2.24, 2.45) is 11.7 Å². The fraction of sp³-hybridized carbons (Fsp3) is 0.368. The molecule has 24 heavy (non-hydrogen) atoms. The minimum Gasteiger partial charge on any atom is -0.369 e. The Hall–Kier alpha value is -2.07. The Bertz CT molecular complexity index is 807. The summed E-state index contributed by atoms with van der Waals surface area (Å²) in [6.45, 7) is 0.844. The van der Waals surface area contributed by atoms with Crippen molar-refractivity contribution in [2.75, 3.05) is 11.9 Å². The molecule has 2 atom stereocenters. The summed E-state index contributed by atoms with van der Waals surface area (Å²) < 4.78 is 0. The van der Waals surface area contributed by atoms with E-state index >= 15 is 0 Å². The number of amides is 1. The second-order valence-corrected chi connectivity index (χ2v) is 7.27. The smallest absolute Gasteiger partial charge is 0.250 e. The summed E-state index contributed by atoms with van der Waals surface area (Å²) in [6.07, 6.45) is 6.40. The summed E-state index contributed by atoms with van der Waals surface area (Å²) in [7, 11) is 0. The van der Waals surface area contributed by atoms with E-state index in [1.165, 1.54) is 43.0 Å². The minimum atomic E-state index is -0.518. The highest BCUT2D eigenvalue weighted by molar-refractivity contribution is 6.33. The number of aromatic nitrogens is 1. The summed E-state index contributed by atoms with van der Waals surface area (Å²) in [5, 5.41) is 3.78. The van der Waals surface area contributed by atoms with Crippen LogP contribution in [0.4, 0.5) is 5.82 Å². The van der Waals surface area contributed by atoms with E-state index in [-0.39, 0.29) is 0 Å². The molecule has 1 spiro atoms. The number of nitrogens with one attached hydrogen (secondary N) is 1. The Kier molecular flexibility index (Phi) is 3.72. The molecule has 0 bridgehead atoms. The molecule has 2 unspecified atom stereocenters. The second-order valence-electron chi connectivity index (χ2n) is 6.87. The molecule has 2 aliphatic carbocycles. The van der Waals surface area contributed by atoms with Crippen LogP contribution in [-0.4, -0.2) is 17.4 Å². The van der Waals surface area contributed by atoms with Crippen molar-refractivity contribution >= 4 is 23.3 Å². The molecule has 1 aromatic carbocycles. The van der Waals surface area contributed by atoms with Crippen molar-refractivity contribution < 1.29 is 4.79 Å². The van der Waals surface area contributed by atoms with Gasteiger partial charge in [0.25, 0.3) is 0 Å². The van der Waals surface area contributed by atoms with E-state index < -0.39 is 5.91 Å². The first-order chi connectivity index (χ1) is 11.6. The average molecular weight is 342 g/mol. The van der Waals surface area contributed by atoms with Crippen LogP contribution in [0.2, 0.25) is 5.02 Å². The van der Waals surface area contributed by atoms with Crippen molar-refractivity contribution in [2.45, 2.75) is 31.1 Å². The van der Waals surface area contributed by atoms with Crippen LogP contribution < -0.4 is 11.1 Å². The highest BCUT2D eigenvalue weighted by Crippen LogP contribution is 2.60. The van der Waals surface area contributed by atoms with Crippen LogP contribution in [0.25, 0.3) is 0 Å². The zero-order valence-electron chi connectivity index (χ0n) is 13.4. The van der Waals surface area contributed by atoms with Crippen molar-refractivity contribution in [3.05, 3.63) is 58.2 Å². The maximum atomic E-state index is 11.2. The Morgan fingerprint density at radius 3 is 3.04 bits per heavy atom. The van der Waals surface area contributed by atoms with E-state index in [1.807, 2.05) is 0 Å². The molecular weight excluding hydrogens is 322 g/mol. The number of rotatable bonds is 4. The first-order valence-corrected chi connectivity index (χ1v) is 8.75. The summed E-state index contributed by atoms with van der Waals surface area (Å²) >= 11 is 6.20. The quantitative estimate of drug-likeness (QED) is 0.893. The Morgan fingerprint density at radius 2 is 2.25 bits per heavy atom. The van der Waals surface area contributed by atoms with E-state index in [0.717, 1.165) is 6.54 Å². The molecule has 1 fully saturated rings. The number of pyridine rings is 1. The second kappa shape index (κ2) is 5.78. The summed E-state index contributed by atoms with van der Waals surface area (Å²) in [5.74, 6) is 0.705. The van der Waals surface area contributed by atoms with Crippen molar-refractivity contribution in [1.29, 1.82) is 0 Å². The van der Waals surface area contributed by atoms with Crippen LogP contribution >= 0.6 is 11.6 Å².